The number of amides is 1. The third kappa shape index (κ3) is 3.55. The first-order chi connectivity index (χ1) is 13.7. The van der Waals surface area contributed by atoms with E-state index in [9.17, 15) is 18.0 Å². The van der Waals surface area contributed by atoms with Crippen molar-refractivity contribution in [2.24, 2.45) is 0 Å². The van der Waals surface area contributed by atoms with Gasteiger partial charge in [0, 0.05) is 29.4 Å². The molecule has 0 unspecified atom stereocenters. The summed E-state index contributed by atoms with van der Waals surface area (Å²) in [7, 11) is 0. The van der Waals surface area contributed by atoms with E-state index in [0.29, 0.717) is 16.8 Å². The van der Waals surface area contributed by atoms with Gasteiger partial charge in [-0.25, -0.2) is 4.98 Å². The summed E-state index contributed by atoms with van der Waals surface area (Å²) in [6.07, 6.45) is -0.948. The van der Waals surface area contributed by atoms with Gasteiger partial charge >= 0.3 is 6.18 Å². The number of rotatable bonds is 3. The molecule has 0 saturated heterocycles. The van der Waals surface area contributed by atoms with Gasteiger partial charge in [-0.2, -0.15) is 13.2 Å². The molecule has 4 rings (SSSR count). The second kappa shape index (κ2) is 6.92. The van der Waals surface area contributed by atoms with Gasteiger partial charge in [-0.1, -0.05) is 18.2 Å². The molecule has 4 nitrogen and oxygen atoms in total. The zero-order valence-electron chi connectivity index (χ0n) is 15.8. The minimum Gasteiger partial charge on any atom is -0.350 e. The Kier molecular flexibility index (Phi) is 4.53. The van der Waals surface area contributed by atoms with Crippen molar-refractivity contribution >= 4 is 22.5 Å². The first kappa shape index (κ1) is 19.0. The molecule has 0 aliphatic heterocycles. The second-order valence-corrected chi connectivity index (χ2v) is 7.15. The summed E-state index contributed by atoms with van der Waals surface area (Å²) in [6, 6.07) is 12.2. The summed E-state index contributed by atoms with van der Waals surface area (Å²) in [4.78, 5) is 16.7. The van der Waals surface area contributed by atoms with Crippen LogP contribution >= 0.6 is 0 Å². The predicted molar refractivity (Wildman–Crippen MR) is 106 cm³/mol. The van der Waals surface area contributed by atoms with Gasteiger partial charge in [-0.15, -0.1) is 0 Å². The number of halogens is 3. The molecule has 4 aromatic rings. The largest absolute Gasteiger partial charge is 0.416 e. The van der Waals surface area contributed by atoms with Crippen LogP contribution < -0.4 is 5.32 Å². The lowest BCUT2D eigenvalue weighted by Crippen LogP contribution is -2.30. The number of pyridine rings is 1. The molecule has 0 saturated carbocycles. The fraction of sp³-hybridized carbons (Fsp3) is 0.182. The van der Waals surface area contributed by atoms with Crippen LogP contribution in [0.4, 0.5) is 13.2 Å². The molecule has 0 bridgehead atoms. The van der Waals surface area contributed by atoms with Gasteiger partial charge in [0.2, 0.25) is 0 Å². The SMILES string of the molecule is CC(C)NC(=O)c1ccc2c(-c3ccc(C(F)(F)F)cc3)cc3nccn3c2c1. The molecule has 0 aliphatic rings. The first-order valence-electron chi connectivity index (χ1n) is 9.12. The molecule has 1 N–H and O–H groups in total. The molecule has 29 heavy (non-hydrogen) atoms. The number of carbonyl (C=O) groups is 1. The van der Waals surface area contributed by atoms with E-state index in [-0.39, 0.29) is 11.9 Å². The zero-order valence-corrected chi connectivity index (χ0v) is 15.8. The van der Waals surface area contributed by atoms with Gasteiger partial charge < -0.3 is 5.32 Å². The van der Waals surface area contributed by atoms with Crippen molar-refractivity contribution in [3.8, 4) is 11.1 Å². The summed E-state index contributed by atoms with van der Waals surface area (Å²) < 4.78 is 40.6. The number of nitrogens with zero attached hydrogens (tertiary/aromatic N) is 2. The Bertz CT molecular complexity index is 1210. The lowest BCUT2D eigenvalue weighted by atomic mass is 9.98. The van der Waals surface area contributed by atoms with Crippen LogP contribution in [0.15, 0.2) is 60.9 Å². The van der Waals surface area contributed by atoms with Crippen LogP contribution in [0.1, 0.15) is 29.8 Å². The predicted octanol–water partition coefficient (Wildman–Crippen LogP) is 5.31. The Hall–Kier alpha value is -3.35. The number of nitrogens with one attached hydrogen (secondary N) is 1. The molecular weight excluding hydrogens is 379 g/mol. The first-order valence-corrected chi connectivity index (χ1v) is 9.12. The summed E-state index contributed by atoms with van der Waals surface area (Å²) in [5.41, 5.74) is 2.61. The summed E-state index contributed by atoms with van der Waals surface area (Å²) >= 11 is 0. The Morgan fingerprint density at radius 3 is 2.45 bits per heavy atom. The average Bonchev–Trinajstić information content (AvgIpc) is 3.14. The van der Waals surface area contributed by atoms with Gasteiger partial charge in [0.15, 0.2) is 0 Å². The highest BCUT2D eigenvalue weighted by Crippen LogP contribution is 2.34. The minimum atomic E-state index is -4.38. The number of hydrogen-bond acceptors (Lipinski definition) is 2. The van der Waals surface area contributed by atoms with Gasteiger partial charge in [-0.05, 0) is 55.3 Å². The Labute approximate surface area is 165 Å². The Morgan fingerprint density at radius 2 is 1.79 bits per heavy atom. The summed E-state index contributed by atoms with van der Waals surface area (Å²) in [5, 5.41) is 3.68. The van der Waals surface area contributed by atoms with Crippen LogP contribution in [0.2, 0.25) is 0 Å². The van der Waals surface area contributed by atoms with E-state index in [2.05, 4.69) is 10.3 Å². The standard InChI is InChI=1S/C22H18F3N3O/c1-13(2)27-21(29)15-5-8-17-18(12-20-26-9-10-28(20)19(17)11-15)14-3-6-16(7-4-14)22(23,24)25/h3-13H,1-2H3,(H,27,29). The van der Waals surface area contributed by atoms with Crippen LogP contribution in [0.5, 0.6) is 0 Å². The van der Waals surface area contributed by atoms with E-state index < -0.39 is 11.7 Å². The maximum atomic E-state index is 12.9. The minimum absolute atomic E-state index is 0.00458. The number of imidazole rings is 1. The Morgan fingerprint density at radius 1 is 1.07 bits per heavy atom. The molecule has 0 atom stereocenters. The van der Waals surface area contributed by atoms with Crippen molar-refractivity contribution in [2.45, 2.75) is 26.1 Å². The number of hydrogen-bond donors (Lipinski definition) is 1. The third-order valence-electron chi connectivity index (χ3n) is 4.70. The average molecular weight is 397 g/mol. The molecule has 0 radical (unpaired) electrons. The number of alkyl halides is 3. The molecule has 0 aliphatic carbocycles. The molecule has 2 aromatic carbocycles. The number of fused-ring (bicyclic) bond motifs is 3. The van der Waals surface area contributed by atoms with Crippen molar-refractivity contribution < 1.29 is 18.0 Å². The van der Waals surface area contributed by atoms with Crippen molar-refractivity contribution in [1.29, 1.82) is 0 Å². The maximum absolute atomic E-state index is 12.9. The lowest BCUT2D eigenvalue weighted by molar-refractivity contribution is -0.137. The highest BCUT2D eigenvalue weighted by Gasteiger charge is 2.30. The van der Waals surface area contributed by atoms with Gasteiger partial charge in [0.1, 0.15) is 5.65 Å². The van der Waals surface area contributed by atoms with Crippen molar-refractivity contribution in [3.05, 3.63) is 72.1 Å². The van der Waals surface area contributed by atoms with Gasteiger partial charge in [0.05, 0.1) is 11.1 Å². The fourth-order valence-corrected chi connectivity index (χ4v) is 3.36. The number of carbonyl (C=O) groups excluding carboxylic acids is 1. The molecule has 2 aromatic heterocycles. The van der Waals surface area contributed by atoms with Crippen LogP contribution in [-0.4, -0.2) is 21.3 Å². The van der Waals surface area contributed by atoms with E-state index in [1.54, 1.807) is 24.5 Å². The van der Waals surface area contributed by atoms with E-state index >= 15 is 0 Å². The maximum Gasteiger partial charge on any atom is 0.416 e. The monoisotopic (exact) mass is 397 g/mol. The topological polar surface area (TPSA) is 46.4 Å². The highest BCUT2D eigenvalue weighted by atomic mass is 19.4. The van der Waals surface area contributed by atoms with Crippen LogP contribution in [-0.2, 0) is 6.18 Å². The van der Waals surface area contributed by atoms with Gasteiger partial charge in [0.25, 0.3) is 5.91 Å². The Balaban J connectivity index is 1.89. The lowest BCUT2D eigenvalue weighted by Gasteiger charge is -2.13. The van der Waals surface area contributed by atoms with Crippen molar-refractivity contribution in [3.63, 3.8) is 0 Å². The van der Waals surface area contributed by atoms with Crippen molar-refractivity contribution in [1.82, 2.24) is 14.7 Å². The van der Waals surface area contributed by atoms with E-state index in [0.717, 1.165) is 28.6 Å². The van der Waals surface area contributed by atoms with Gasteiger partial charge in [-0.3, -0.25) is 9.20 Å². The van der Waals surface area contributed by atoms with Crippen molar-refractivity contribution in [2.75, 3.05) is 0 Å². The number of benzene rings is 2. The third-order valence-corrected chi connectivity index (χ3v) is 4.70. The van der Waals surface area contributed by atoms with Crippen LogP contribution in [0, 0.1) is 0 Å². The number of aromatic nitrogens is 2. The molecule has 0 spiro atoms. The second-order valence-electron chi connectivity index (χ2n) is 7.15. The molecular formula is C22H18F3N3O. The smallest absolute Gasteiger partial charge is 0.350 e. The highest BCUT2D eigenvalue weighted by molar-refractivity contribution is 6.02. The molecule has 7 heteroatoms. The van der Waals surface area contributed by atoms with Crippen LogP contribution in [0.25, 0.3) is 27.7 Å². The molecule has 2 heterocycles. The van der Waals surface area contributed by atoms with Crippen LogP contribution in [0.3, 0.4) is 0 Å². The summed E-state index contributed by atoms with van der Waals surface area (Å²) in [6.45, 7) is 3.77. The molecule has 148 valence electrons. The molecule has 0 fully saturated rings. The summed E-state index contributed by atoms with van der Waals surface area (Å²) in [5.74, 6) is -0.185. The quantitative estimate of drug-likeness (QED) is 0.509. The normalized spacial score (nSPS) is 12.1. The fourth-order valence-electron chi connectivity index (χ4n) is 3.36. The van der Waals surface area contributed by atoms with E-state index in [1.165, 1.54) is 12.1 Å². The molecule has 1 amide bonds. The van der Waals surface area contributed by atoms with E-state index in [4.69, 9.17) is 0 Å². The zero-order chi connectivity index (χ0) is 20.8. The van der Waals surface area contributed by atoms with E-state index in [1.807, 2.05) is 30.4 Å².